The Morgan fingerprint density at radius 2 is 2.05 bits per heavy atom. The summed E-state index contributed by atoms with van der Waals surface area (Å²) in [5.74, 6) is -0.323. The number of carbonyl (C=O) groups is 1. The molecule has 1 aromatic carbocycles. The maximum absolute atomic E-state index is 12.2. The van der Waals surface area contributed by atoms with Crippen LogP contribution in [0.3, 0.4) is 0 Å². The first-order chi connectivity index (χ1) is 9.14. The highest BCUT2D eigenvalue weighted by Crippen LogP contribution is 2.28. The first-order valence-corrected chi connectivity index (χ1v) is 7.90. The smallest absolute Gasteiger partial charge is 0.238 e. The third kappa shape index (κ3) is 3.69. The van der Waals surface area contributed by atoms with E-state index < -0.39 is 15.4 Å². The average molecular weight is 320 g/mol. The molecule has 0 aliphatic rings. The molecule has 6 nitrogen and oxygen atoms in total. The van der Waals surface area contributed by atoms with E-state index in [0.717, 1.165) is 0 Å². The zero-order valence-electron chi connectivity index (χ0n) is 11.3. The number of primary sulfonamides is 1. The minimum Gasteiger partial charge on any atom is -0.329 e. The standard InChI is InChI=1S/C12H18ClN3O3S/c1-3-12(2,7-14)11(17)16-10-6-8(20(15,18)19)4-5-9(10)13/h4-6H,3,7,14H2,1-2H3,(H,16,17)(H2,15,18,19). The zero-order valence-corrected chi connectivity index (χ0v) is 12.9. The minimum atomic E-state index is -3.86. The number of nitrogens with one attached hydrogen (secondary N) is 1. The number of hydrogen-bond donors (Lipinski definition) is 3. The molecular formula is C12H18ClN3O3S. The summed E-state index contributed by atoms with van der Waals surface area (Å²) in [7, 11) is -3.86. The summed E-state index contributed by atoms with van der Waals surface area (Å²) in [4.78, 5) is 12.1. The molecule has 0 fully saturated rings. The molecule has 1 unspecified atom stereocenters. The number of hydrogen-bond acceptors (Lipinski definition) is 4. The molecule has 0 bridgehead atoms. The van der Waals surface area contributed by atoms with Gasteiger partial charge >= 0.3 is 0 Å². The molecule has 0 aliphatic carbocycles. The van der Waals surface area contributed by atoms with E-state index in [1.165, 1.54) is 18.2 Å². The van der Waals surface area contributed by atoms with E-state index in [1.807, 2.05) is 6.92 Å². The Bertz CT molecular complexity index is 612. The van der Waals surface area contributed by atoms with Crippen LogP contribution in [0.4, 0.5) is 5.69 Å². The summed E-state index contributed by atoms with van der Waals surface area (Å²) in [5.41, 5.74) is 5.04. The largest absolute Gasteiger partial charge is 0.329 e. The van der Waals surface area contributed by atoms with Crippen molar-refractivity contribution in [3.63, 3.8) is 0 Å². The Morgan fingerprint density at radius 3 is 2.50 bits per heavy atom. The molecule has 0 aliphatic heterocycles. The third-order valence-electron chi connectivity index (χ3n) is 3.29. The third-order valence-corrected chi connectivity index (χ3v) is 4.53. The molecule has 1 rings (SSSR count). The van der Waals surface area contributed by atoms with Gasteiger partial charge in [0.05, 0.1) is 21.0 Å². The molecule has 0 saturated carbocycles. The van der Waals surface area contributed by atoms with E-state index in [-0.39, 0.29) is 28.1 Å². The molecule has 0 spiro atoms. The van der Waals surface area contributed by atoms with Crippen LogP contribution in [-0.2, 0) is 14.8 Å². The van der Waals surface area contributed by atoms with Gasteiger partial charge in [-0.1, -0.05) is 18.5 Å². The van der Waals surface area contributed by atoms with Crippen LogP contribution in [0, 0.1) is 5.41 Å². The van der Waals surface area contributed by atoms with Gasteiger partial charge in [-0.2, -0.15) is 0 Å². The first-order valence-electron chi connectivity index (χ1n) is 5.98. The van der Waals surface area contributed by atoms with Crippen molar-refractivity contribution in [2.24, 2.45) is 16.3 Å². The van der Waals surface area contributed by atoms with Crippen molar-refractivity contribution in [3.05, 3.63) is 23.2 Å². The fraction of sp³-hybridized carbons (Fsp3) is 0.417. The number of benzene rings is 1. The monoisotopic (exact) mass is 319 g/mol. The highest BCUT2D eigenvalue weighted by Gasteiger charge is 2.30. The Morgan fingerprint density at radius 1 is 1.45 bits per heavy atom. The molecule has 0 saturated heterocycles. The van der Waals surface area contributed by atoms with Crippen molar-refractivity contribution in [1.82, 2.24) is 0 Å². The molecule has 0 aromatic heterocycles. The van der Waals surface area contributed by atoms with Crippen LogP contribution in [-0.4, -0.2) is 20.9 Å². The fourth-order valence-corrected chi connectivity index (χ4v) is 2.15. The van der Waals surface area contributed by atoms with Crippen LogP contribution in [0.15, 0.2) is 23.1 Å². The number of amides is 1. The van der Waals surface area contributed by atoms with Crippen molar-refractivity contribution in [2.45, 2.75) is 25.2 Å². The predicted octanol–water partition coefficient (Wildman–Crippen LogP) is 1.30. The van der Waals surface area contributed by atoms with Gasteiger partial charge in [-0.3, -0.25) is 4.79 Å². The fourth-order valence-electron chi connectivity index (χ4n) is 1.45. The van der Waals surface area contributed by atoms with Crippen LogP contribution in [0.1, 0.15) is 20.3 Å². The van der Waals surface area contributed by atoms with Crippen LogP contribution in [0.5, 0.6) is 0 Å². The van der Waals surface area contributed by atoms with Gasteiger partial charge in [0, 0.05) is 6.54 Å². The summed E-state index contributed by atoms with van der Waals surface area (Å²) < 4.78 is 22.6. The second-order valence-corrected chi connectivity index (χ2v) is 6.73. The van der Waals surface area contributed by atoms with Gasteiger partial charge in [0.2, 0.25) is 15.9 Å². The van der Waals surface area contributed by atoms with Gasteiger partial charge in [0.15, 0.2) is 0 Å². The van der Waals surface area contributed by atoms with Gasteiger partial charge in [-0.25, -0.2) is 13.6 Å². The lowest BCUT2D eigenvalue weighted by Crippen LogP contribution is -2.39. The zero-order chi connectivity index (χ0) is 15.6. The normalized spacial score (nSPS) is 14.7. The SMILES string of the molecule is CCC(C)(CN)C(=O)Nc1cc(S(N)(=O)=O)ccc1Cl. The van der Waals surface area contributed by atoms with Gasteiger partial charge in [-0.05, 0) is 31.5 Å². The van der Waals surface area contributed by atoms with Crippen molar-refractivity contribution in [1.29, 1.82) is 0 Å². The summed E-state index contributed by atoms with van der Waals surface area (Å²) in [6.45, 7) is 3.73. The molecule has 1 atom stereocenters. The number of anilines is 1. The van der Waals surface area contributed by atoms with E-state index in [1.54, 1.807) is 6.92 Å². The van der Waals surface area contributed by atoms with E-state index in [9.17, 15) is 13.2 Å². The predicted molar refractivity (Wildman–Crippen MR) is 78.9 cm³/mol. The molecule has 0 radical (unpaired) electrons. The Hall–Kier alpha value is -1.15. The molecule has 1 amide bonds. The molecule has 5 N–H and O–H groups in total. The highest BCUT2D eigenvalue weighted by atomic mass is 35.5. The second kappa shape index (κ2) is 6.09. The lowest BCUT2D eigenvalue weighted by atomic mass is 9.86. The lowest BCUT2D eigenvalue weighted by Gasteiger charge is -2.25. The average Bonchev–Trinajstić information content (AvgIpc) is 2.38. The van der Waals surface area contributed by atoms with Gasteiger partial charge in [0.25, 0.3) is 0 Å². The van der Waals surface area contributed by atoms with E-state index in [2.05, 4.69) is 5.32 Å². The summed E-state index contributed by atoms with van der Waals surface area (Å²) >= 11 is 5.95. The maximum Gasteiger partial charge on any atom is 0.238 e. The van der Waals surface area contributed by atoms with E-state index >= 15 is 0 Å². The first kappa shape index (κ1) is 16.9. The van der Waals surface area contributed by atoms with E-state index in [0.29, 0.717) is 6.42 Å². The second-order valence-electron chi connectivity index (χ2n) is 4.76. The quantitative estimate of drug-likeness (QED) is 0.758. The van der Waals surface area contributed by atoms with Gasteiger partial charge < -0.3 is 11.1 Å². The van der Waals surface area contributed by atoms with E-state index in [4.69, 9.17) is 22.5 Å². The highest BCUT2D eigenvalue weighted by molar-refractivity contribution is 7.89. The molecular weight excluding hydrogens is 302 g/mol. The van der Waals surface area contributed by atoms with Crippen molar-refractivity contribution >= 4 is 33.2 Å². The van der Waals surface area contributed by atoms with Gasteiger partial charge in [0.1, 0.15) is 0 Å². The van der Waals surface area contributed by atoms with Crippen molar-refractivity contribution in [3.8, 4) is 0 Å². The maximum atomic E-state index is 12.2. The van der Waals surface area contributed by atoms with Crippen LogP contribution >= 0.6 is 11.6 Å². The number of halogens is 1. The summed E-state index contributed by atoms with van der Waals surface area (Å²) in [6.07, 6.45) is 0.543. The Labute approximate surface area is 123 Å². The van der Waals surface area contributed by atoms with Gasteiger partial charge in [-0.15, -0.1) is 0 Å². The summed E-state index contributed by atoms with van der Waals surface area (Å²) in [5, 5.41) is 7.86. The Kier molecular flexibility index (Phi) is 5.15. The lowest BCUT2D eigenvalue weighted by molar-refractivity contribution is -0.124. The number of carbonyl (C=O) groups excluding carboxylic acids is 1. The number of rotatable bonds is 5. The topological polar surface area (TPSA) is 115 Å². The van der Waals surface area contributed by atoms with Crippen LogP contribution in [0.25, 0.3) is 0 Å². The minimum absolute atomic E-state index is 0.122. The number of nitrogens with two attached hydrogens (primary N) is 2. The Balaban J connectivity index is 3.13. The molecule has 8 heteroatoms. The molecule has 20 heavy (non-hydrogen) atoms. The number of sulfonamides is 1. The summed E-state index contributed by atoms with van der Waals surface area (Å²) in [6, 6.07) is 3.86. The van der Waals surface area contributed by atoms with Crippen molar-refractivity contribution in [2.75, 3.05) is 11.9 Å². The van der Waals surface area contributed by atoms with Crippen LogP contribution in [0.2, 0.25) is 5.02 Å². The van der Waals surface area contributed by atoms with Crippen LogP contribution < -0.4 is 16.2 Å². The molecule has 1 aromatic rings. The molecule has 0 heterocycles. The molecule has 112 valence electrons. The van der Waals surface area contributed by atoms with Crippen molar-refractivity contribution < 1.29 is 13.2 Å².